The number of rotatable bonds is 4. The number of H-pyrrole nitrogens is 1. The van der Waals surface area contributed by atoms with E-state index in [1.165, 1.54) is 0 Å². The highest BCUT2D eigenvalue weighted by molar-refractivity contribution is 7.92. The van der Waals surface area contributed by atoms with Gasteiger partial charge in [-0.15, -0.1) is 0 Å². The Kier molecular flexibility index (Phi) is 3.47. The van der Waals surface area contributed by atoms with Gasteiger partial charge in [-0.1, -0.05) is 0 Å². The van der Waals surface area contributed by atoms with Crippen molar-refractivity contribution in [2.75, 3.05) is 4.72 Å². The molecule has 108 valence electrons. The lowest BCUT2D eigenvalue weighted by Gasteiger charge is -2.06. The number of aromatic nitrogens is 2. The molecule has 11 heteroatoms. The van der Waals surface area contributed by atoms with Crippen LogP contribution >= 0.6 is 0 Å². The maximum absolute atomic E-state index is 12.1. The summed E-state index contributed by atoms with van der Waals surface area (Å²) < 4.78 is 26.2. The highest BCUT2D eigenvalue weighted by Crippen LogP contribution is 2.29. The quantitative estimate of drug-likeness (QED) is 0.552. The van der Waals surface area contributed by atoms with E-state index in [0.29, 0.717) is 6.07 Å². The molecule has 0 saturated carbocycles. The Bertz CT molecular complexity index is 851. The number of nitrogens with zero attached hydrogens (tertiary/aromatic N) is 3. The number of aromatic amines is 1. The number of benzene rings is 1. The van der Waals surface area contributed by atoms with E-state index in [1.54, 1.807) is 6.07 Å². The zero-order valence-corrected chi connectivity index (χ0v) is 11.0. The number of sulfonamides is 1. The zero-order valence-electron chi connectivity index (χ0n) is 10.1. The third kappa shape index (κ3) is 2.74. The Balaban J connectivity index is 2.43. The van der Waals surface area contributed by atoms with Gasteiger partial charge in [0.25, 0.3) is 10.0 Å². The minimum atomic E-state index is -4.18. The maximum atomic E-state index is 12.1. The van der Waals surface area contributed by atoms with Crippen LogP contribution in [0, 0.1) is 21.4 Å². The molecular formula is C10H7N5O5S. The Hall–Kier alpha value is -3.13. The summed E-state index contributed by atoms with van der Waals surface area (Å²) in [5, 5.41) is 34.5. The molecule has 0 amide bonds. The van der Waals surface area contributed by atoms with Crippen LogP contribution in [0.15, 0.2) is 29.3 Å². The van der Waals surface area contributed by atoms with Crippen LogP contribution in [0.3, 0.4) is 0 Å². The average molecular weight is 309 g/mol. The Labute approximate surface area is 117 Å². The van der Waals surface area contributed by atoms with Crippen molar-refractivity contribution in [3.05, 3.63) is 40.1 Å². The summed E-state index contributed by atoms with van der Waals surface area (Å²) in [6, 6.07) is 4.31. The number of anilines is 1. The van der Waals surface area contributed by atoms with Crippen LogP contribution in [-0.4, -0.2) is 28.6 Å². The normalized spacial score (nSPS) is 10.8. The largest absolute Gasteiger partial charge is 0.502 e. The molecule has 0 aliphatic rings. The molecule has 3 N–H and O–H groups in total. The van der Waals surface area contributed by atoms with Crippen molar-refractivity contribution in [3.63, 3.8) is 0 Å². The van der Waals surface area contributed by atoms with Crippen LogP contribution in [0.5, 0.6) is 5.75 Å². The molecule has 0 fully saturated rings. The van der Waals surface area contributed by atoms with Crippen LogP contribution < -0.4 is 4.72 Å². The molecule has 0 radical (unpaired) electrons. The van der Waals surface area contributed by atoms with E-state index in [-0.39, 0.29) is 11.4 Å². The monoisotopic (exact) mass is 309 g/mol. The third-order valence-electron chi connectivity index (χ3n) is 2.45. The standard InChI is InChI=1S/C10H7N5O5S/c11-4-6-5-12-13-10(6)14-21(19,20)7-1-2-9(16)8(3-7)15(17)18/h1-3,5,16H,(H2,12,13,14). The van der Waals surface area contributed by atoms with E-state index < -0.39 is 31.3 Å². The van der Waals surface area contributed by atoms with Gasteiger partial charge in [0.05, 0.1) is 16.0 Å². The average Bonchev–Trinajstić information content (AvgIpc) is 2.85. The maximum Gasteiger partial charge on any atom is 0.312 e. The van der Waals surface area contributed by atoms with Gasteiger partial charge in [-0.25, -0.2) is 8.42 Å². The summed E-state index contributed by atoms with van der Waals surface area (Å²) in [6.07, 6.45) is 1.12. The van der Waals surface area contributed by atoms with Crippen molar-refractivity contribution in [3.8, 4) is 11.8 Å². The number of nitriles is 1. The van der Waals surface area contributed by atoms with E-state index in [9.17, 15) is 23.6 Å². The van der Waals surface area contributed by atoms with E-state index >= 15 is 0 Å². The SMILES string of the molecule is N#Cc1cn[nH]c1NS(=O)(=O)c1ccc(O)c([N+](=O)[O-])c1. The molecule has 0 unspecified atom stereocenters. The summed E-state index contributed by atoms with van der Waals surface area (Å²) in [6.45, 7) is 0. The van der Waals surface area contributed by atoms with Gasteiger partial charge in [0.2, 0.25) is 0 Å². The highest BCUT2D eigenvalue weighted by Gasteiger charge is 2.22. The van der Waals surface area contributed by atoms with Gasteiger partial charge in [0.15, 0.2) is 11.6 Å². The number of phenolic OH excluding ortho intramolecular Hbond substituents is 1. The number of aromatic hydroxyl groups is 1. The first-order chi connectivity index (χ1) is 9.85. The van der Waals surface area contributed by atoms with Crippen molar-refractivity contribution in [1.82, 2.24) is 10.2 Å². The Morgan fingerprint density at radius 2 is 2.19 bits per heavy atom. The fourth-order valence-electron chi connectivity index (χ4n) is 1.46. The van der Waals surface area contributed by atoms with Gasteiger partial charge in [0.1, 0.15) is 11.6 Å². The molecule has 21 heavy (non-hydrogen) atoms. The number of nitro benzene ring substituents is 1. The third-order valence-corrected chi connectivity index (χ3v) is 3.80. The summed E-state index contributed by atoms with van der Waals surface area (Å²) in [4.78, 5) is 9.34. The summed E-state index contributed by atoms with van der Waals surface area (Å²) >= 11 is 0. The van der Waals surface area contributed by atoms with Gasteiger partial charge in [-0.05, 0) is 12.1 Å². The lowest BCUT2D eigenvalue weighted by molar-refractivity contribution is -0.386. The van der Waals surface area contributed by atoms with Crippen molar-refractivity contribution in [2.24, 2.45) is 0 Å². The predicted octanol–water partition coefficient (Wildman–Crippen LogP) is 0.696. The molecule has 0 saturated heterocycles. The van der Waals surface area contributed by atoms with Crippen LogP contribution in [-0.2, 0) is 10.0 Å². The van der Waals surface area contributed by atoms with Gasteiger partial charge in [-0.2, -0.15) is 10.4 Å². The minimum absolute atomic E-state index is 0.0353. The van der Waals surface area contributed by atoms with Crippen LogP contribution in [0.1, 0.15) is 5.56 Å². The fourth-order valence-corrected chi connectivity index (χ4v) is 2.51. The molecule has 2 rings (SSSR count). The Morgan fingerprint density at radius 3 is 2.81 bits per heavy atom. The molecule has 10 nitrogen and oxygen atoms in total. The van der Waals surface area contributed by atoms with Crippen LogP contribution in [0.25, 0.3) is 0 Å². The van der Waals surface area contributed by atoms with Crippen LogP contribution in [0.2, 0.25) is 0 Å². The molecule has 0 spiro atoms. The molecular weight excluding hydrogens is 302 g/mol. The smallest absolute Gasteiger partial charge is 0.312 e. The second-order valence-electron chi connectivity index (χ2n) is 3.78. The van der Waals surface area contributed by atoms with E-state index in [4.69, 9.17) is 5.26 Å². The van der Waals surface area contributed by atoms with Gasteiger partial charge < -0.3 is 5.11 Å². The predicted molar refractivity (Wildman–Crippen MR) is 68.9 cm³/mol. The van der Waals surface area contributed by atoms with Crippen molar-refractivity contribution >= 4 is 21.5 Å². The molecule has 0 aliphatic carbocycles. The fraction of sp³-hybridized carbons (Fsp3) is 0. The number of hydrogen-bond acceptors (Lipinski definition) is 7. The van der Waals surface area contributed by atoms with Crippen molar-refractivity contribution in [1.29, 1.82) is 5.26 Å². The number of nitrogens with one attached hydrogen (secondary N) is 2. The minimum Gasteiger partial charge on any atom is -0.502 e. The summed E-state index contributed by atoms with van der Waals surface area (Å²) in [5.41, 5.74) is -0.783. The molecule has 0 atom stereocenters. The second kappa shape index (κ2) is 5.10. The van der Waals surface area contributed by atoms with Gasteiger partial charge in [0, 0.05) is 6.07 Å². The van der Waals surface area contributed by atoms with Crippen LogP contribution in [0.4, 0.5) is 11.5 Å². The van der Waals surface area contributed by atoms with E-state index in [2.05, 4.69) is 10.2 Å². The molecule has 1 heterocycles. The van der Waals surface area contributed by atoms with E-state index in [1.807, 2.05) is 4.72 Å². The Morgan fingerprint density at radius 1 is 1.48 bits per heavy atom. The molecule has 2 aromatic rings. The molecule has 0 aliphatic heterocycles. The van der Waals surface area contributed by atoms with Crippen molar-refractivity contribution in [2.45, 2.75) is 4.90 Å². The lowest BCUT2D eigenvalue weighted by Crippen LogP contribution is -2.14. The highest BCUT2D eigenvalue weighted by atomic mass is 32.2. The number of phenols is 1. The lowest BCUT2D eigenvalue weighted by atomic mass is 10.3. The van der Waals surface area contributed by atoms with Gasteiger partial charge >= 0.3 is 5.69 Å². The topological polar surface area (TPSA) is 162 Å². The van der Waals surface area contributed by atoms with Gasteiger partial charge in [-0.3, -0.25) is 19.9 Å². The summed E-state index contributed by atoms with van der Waals surface area (Å²) in [7, 11) is -4.18. The second-order valence-corrected chi connectivity index (χ2v) is 5.47. The first-order valence-electron chi connectivity index (χ1n) is 5.29. The number of hydrogen-bond donors (Lipinski definition) is 3. The molecule has 1 aromatic heterocycles. The first-order valence-corrected chi connectivity index (χ1v) is 6.77. The summed E-state index contributed by atoms with van der Waals surface area (Å²) in [5.74, 6) is -0.813. The van der Waals surface area contributed by atoms with Crippen molar-refractivity contribution < 1.29 is 18.4 Å². The first kappa shape index (κ1) is 14.3. The zero-order chi connectivity index (χ0) is 15.6. The molecule has 0 bridgehead atoms. The number of nitro groups is 1. The molecule has 1 aromatic carbocycles. The van der Waals surface area contributed by atoms with E-state index in [0.717, 1.165) is 18.3 Å².